The van der Waals surface area contributed by atoms with Crippen LogP contribution < -0.4 is 11.5 Å². The molecule has 5 nitrogen and oxygen atoms in total. The normalized spacial score (nSPS) is 17.9. The minimum Gasteiger partial charge on any atom is -0.399 e. The second kappa shape index (κ2) is 5.05. The average molecular weight is 235 g/mol. The lowest BCUT2D eigenvalue weighted by Gasteiger charge is -2.30. The summed E-state index contributed by atoms with van der Waals surface area (Å²) in [5, 5.41) is 1.62. The topological polar surface area (TPSA) is 81.6 Å². The molecule has 0 radical (unpaired) electrons. The summed E-state index contributed by atoms with van der Waals surface area (Å²) >= 11 is 0. The van der Waals surface area contributed by atoms with E-state index in [-0.39, 0.29) is 0 Å². The van der Waals surface area contributed by atoms with Crippen LogP contribution in [0.4, 0.5) is 10.5 Å². The fourth-order valence-corrected chi connectivity index (χ4v) is 2.18. The first-order chi connectivity index (χ1) is 8.15. The number of hydrogen-bond acceptors (Lipinski definition) is 4. The smallest absolute Gasteiger partial charge is 0.399 e. The van der Waals surface area contributed by atoms with E-state index >= 15 is 0 Å². The SMILES string of the molecule is NC(=O)ON1CCC(c2ccc(N)cc2)CC1. The first-order valence-corrected chi connectivity index (χ1v) is 5.73. The predicted octanol–water partition coefficient (Wildman–Crippen LogP) is 1.46. The Kier molecular flexibility index (Phi) is 3.49. The van der Waals surface area contributed by atoms with Gasteiger partial charge in [-0.1, -0.05) is 12.1 Å². The van der Waals surface area contributed by atoms with Crippen LogP contribution in [0.1, 0.15) is 24.3 Å². The molecule has 0 unspecified atom stereocenters. The number of carbonyl (C=O) groups is 1. The van der Waals surface area contributed by atoms with Gasteiger partial charge in [0, 0.05) is 18.8 Å². The van der Waals surface area contributed by atoms with Crippen LogP contribution in [0.25, 0.3) is 0 Å². The van der Waals surface area contributed by atoms with Crippen LogP contribution in [0.2, 0.25) is 0 Å². The number of anilines is 1. The van der Waals surface area contributed by atoms with Crippen LogP contribution in [-0.4, -0.2) is 24.2 Å². The molecule has 4 N–H and O–H groups in total. The zero-order valence-electron chi connectivity index (χ0n) is 9.63. The first kappa shape index (κ1) is 11.7. The maximum Gasteiger partial charge on any atom is 0.423 e. The van der Waals surface area contributed by atoms with Crippen molar-refractivity contribution in [3.05, 3.63) is 29.8 Å². The molecule has 5 heteroatoms. The largest absolute Gasteiger partial charge is 0.423 e. The molecule has 0 atom stereocenters. The zero-order chi connectivity index (χ0) is 12.3. The molecule has 0 aliphatic carbocycles. The molecule has 1 amide bonds. The van der Waals surface area contributed by atoms with E-state index in [0.717, 1.165) is 31.6 Å². The molecule has 1 heterocycles. The van der Waals surface area contributed by atoms with Crippen LogP contribution in [0.3, 0.4) is 0 Å². The highest BCUT2D eigenvalue weighted by atomic mass is 16.7. The van der Waals surface area contributed by atoms with Crippen molar-refractivity contribution in [2.75, 3.05) is 18.8 Å². The number of hydroxylamine groups is 2. The van der Waals surface area contributed by atoms with Crippen molar-refractivity contribution in [2.45, 2.75) is 18.8 Å². The molecule has 1 aromatic rings. The molecule has 1 aliphatic rings. The molecule has 0 saturated carbocycles. The number of amides is 1. The van der Waals surface area contributed by atoms with Gasteiger partial charge in [-0.2, -0.15) is 0 Å². The second-order valence-corrected chi connectivity index (χ2v) is 4.28. The summed E-state index contributed by atoms with van der Waals surface area (Å²) in [6.07, 6.45) is 1.17. The third-order valence-corrected chi connectivity index (χ3v) is 3.08. The van der Waals surface area contributed by atoms with Gasteiger partial charge in [0.15, 0.2) is 0 Å². The molecule has 1 aliphatic heterocycles. The van der Waals surface area contributed by atoms with Gasteiger partial charge in [0.05, 0.1) is 0 Å². The first-order valence-electron chi connectivity index (χ1n) is 5.73. The minimum absolute atomic E-state index is 0.503. The molecule has 92 valence electrons. The van der Waals surface area contributed by atoms with Crippen LogP contribution in [-0.2, 0) is 4.84 Å². The molecule has 1 fully saturated rings. The lowest BCUT2D eigenvalue weighted by Crippen LogP contribution is -2.36. The van der Waals surface area contributed by atoms with E-state index in [1.54, 1.807) is 5.06 Å². The van der Waals surface area contributed by atoms with Crippen LogP contribution in [0, 0.1) is 0 Å². The number of rotatable bonds is 2. The minimum atomic E-state index is -0.740. The number of nitrogens with zero attached hydrogens (tertiary/aromatic N) is 1. The summed E-state index contributed by atoms with van der Waals surface area (Å²) in [5.41, 5.74) is 12.7. The average Bonchev–Trinajstić information content (AvgIpc) is 2.30. The van der Waals surface area contributed by atoms with Gasteiger partial charge in [-0.15, -0.1) is 5.06 Å². The Morgan fingerprint density at radius 1 is 1.24 bits per heavy atom. The third-order valence-electron chi connectivity index (χ3n) is 3.08. The maximum atomic E-state index is 10.6. The van der Waals surface area contributed by atoms with Crippen molar-refractivity contribution in [3.8, 4) is 0 Å². The fraction of sp³-hybridized carbons (Fsp3) is 0.417. The standard InChI is InChI=1S/C12H17N3O2/c13-11-3-1-9(2-4-11)10-5-7-15(8-6-10)17-12(14)16/h1-4,10H,5-8,13H2,(H2,14,16). The van der Waals surface area contributed by atoms with Gasteiger partial charge in [0.1, 0.15) is 0 Å². The van der Waals surface area contributed by atoms with Gasteiger partial charge in [0.25, 0.3) is 0 Å². The van der Waals surface area contributed by atoms with Crippen molar-refractivity contribution in [3.63, 3.8) is 0 Å². The lowest BCUT2D eigenvalue weighted by atomic mass is 9.90. The molecule has 0 bridgehead atoms. The Morgan fingerprint density at radius 2 is 1.82 bits per heavy atom. The highest BCUT2D eigenvalue weighted by Gasteiger charge is 2.22. The van der Waals surface area contributed by atoms with Gasteiger partial charge < -0.3 is 16.3 Å². The number of nitrogen functional groups attached to an aromatic ring is 1. The highest BCUT2D eigenvalue weighted by Crippen LogP contribution is 2.28. The Morgan fingerprint density at radius 3 is 2.35 bits per heavy atom. The third kappa shape index (κ3) is 3.10. The number of benzene rings is 1. The van der Waals surface area contributed by atoms with Crippen LogP contribution >= 0.6 is 0 Å². The van der Waals surface area contributed by atoms with Gasteiger partial charge in [-0.25, -0.2) is 4.79 Å². The zero-order valence-corrected chi connectivity index (χ0v) is 9.63. The maximum absolute atomic E-state index is 10.6. The van der Waals surface area contributed by atoms with Crippen molar-refractivity contribution in [1.82, 2.24) is 5.06 Å². The fourth-order valence-electron chi connectivity index (χ4n) is 2.18. The molecule has 0 aromatic heterocycles. The van der Waals surface area contributed by atoms with Crippen molar-refractivity contribution in [2.24, 2.45) is 5.73 Å². The number of primary amides is 1. The summed E-state index contributed by atoms with van der Waals surface area (Å²) in [5.74, 6) is 0.503. The molecular weight excluding hydrogens is 218 g/mol. The van der Waals surface area contributed by atoms with E-state index in [1.807, 2.05) is 12.1 Å². The number of hydrogen-bond donors (Lipinski definition) is 2. The van der Waals surface area contributed by atoms with Crippen LogP contribution in [0.5, 0.6) is 0 Å². The summed E-state index contributed by atoms with van der Waals surface area (Å²) in [6, 6.07) is 7.96. The van der Waals surface area contributed by atoms with Crippen molar-refractivity contribution >= 4 is 11.8 Å². The molecule has 1 saturated heterocycles. The molecule has 1 aromatic carbocycles. The molecule has 2 rings (SSSR count). The van der Waals surface area contributed by atoms with Gasteiger partial charge in [-0.3, -0.25) is 0 Å². The lowest BCUT2D eigenvalue weighted by molar-refractivity contribution is -0.110. The summed E-state index contributed by atoms with van der Waals surface area (Å²) in [4.78, 5) is 15.4. The highest BCUT2D eigenvalue weighted by molar-refractivity contribution is 5.64. The Bertz CT molecular complexity index is 383. The van der Waals surface area contributed by atoms with E-state index in [2.05, 4.69) is 12.1 Å². The van der Waals surface area contributed by atoms with E-state index in [4.69, 9.17) is 16.3 Å². The van der Waals surface area contributed by atoms with Crippen molar-refractivity contribution in [1.29, 1.82) is 0 Å². The Hall–Kier alpha value is -1.75. The Balaban J connectivity index is 1.90. The monoisotopic (exact) mass is 235 g/mol. The van der Waals surface area contributed by atoms with E-state index in [1.165, 1.54) is 5.56 Å². The van der Waals surface area contributed by atoms with Gasteiger partial charge in [-0.05, 0) is 36.5 Å². The quantitative estimate of drug-likeness (QED) is 0.760. The second-order valence-electron chi connectivity index (χ2n) is 4.28. The summed E-state index contributed by atoms with van der Waals surface area (Å²) < 4.78 is 0. The van der Waals surface area contributed by atoms with E-state index in [0.29, 0.717) is 5.92 Å². The van der Waals surface area contributed by atoms with Crippen LogP contribution in [0.15, 0.2) is 24.3 Å². The molecular formula is C12H17N3O2. The van der Waals surface area contributed by atoms with E-state index < -0.39 is 6.09 Å². The van der Waals surface area contributed by atoms with Gasteiger partial charge >= 0.3 is 6.09 Å². The number of carbonyl (C=O) groups excluding carboxylic acids is 1. The summed E-state index contributed by atoms with van der Waals surface area (Å²) in [7, 11) is 0. The Labute approximate surface area is 100 Å². The number of piperidine rings is 1. The van der Waals surface area contributed by atoms with Crippen molar-refractivity contribution < 1.29 is 9.63 Å². The molecule has 17 heavy (non-hydrogen) atoms. The predicted molar refractivity (Wildman–Crippen MR) is 65.1 cm³/mol. The van der Waals surface area contributed by atoms with E-state index in [9.17, 15) is 4.79 Å². The summed E-state index contributed by atoms with van der Waals surface area (Å²) in [6.45, 7) is 1.44. The number of nitrogens with two attached hydrogens (primary N) is 2. The van der Waals surface area contributed by atoms with Gasteiger partial charge in [0.2, 0.25) is 0 Å². The molecule has 0 spiro atoms.